The second-order valence-corrected chi connectivity index (χ2v) is 7.77. The first-order valence-corrected chi connectivity index (χ1v) is 9.58. The van der Waals surface area contributed by atoms with E-state index in [4.69, 9.17) is 11.5 Å². The molecule has 0 radical (unpaired) electrons. The number of carboxylic acid groups (broad SMARTS) is 1. The van der Waals surface area contributed by atoms with Gasteiger partial charge in [0.1, 0.15) is 18.1 Å². The zero-order valence-corrected chi connectivity index (χ0v) is 17.7. The molecule has 12 nitrogen and oxygen atoms in total. The van der Waals surface area contributed by atoms with Crippen LogP contribution in [0, 0.1) is 11.8 Å². The van der Waals surface area contributed by atoms with Crippen molar-refractivity contribution < 1.29 is 34.2 Å². The van der Waals surface area contributed by atoms with Crippen molar-refractivity contribution in [1.29, 1.82) is 0 Å². The van der Waals surface area contributed by atoms with E-state index in [0.717, 1.165) is 0 Å². The summed E-state index contributed by atoms with van der Waals surface area (Å²) in [5.74, 6) is -5.04. The molecule has 0 aromatic rings. The van der Waals surface area contributed by atoms with E-state index in [1.165, 1.54) is 0 Å². The highest BCUT2D eigenvalue weighted by molar-refractivity contribution is 5.96. The van der Waals surface area contributed by atoms with Crippen molar-refractivity contribution in [3.8, 4) is 0 Å². The molecule has 0 bridgehead atoms. The summed E-state index contributed by atoms with van der Waals surface area (Å²) in [5, 5.41) is 25.4. The van der Waals surface area contributed by atoms with Gasteiger partial charge < -0.3 is 37.6 Å². The molecule has 0 heterocycles. The van der Waals surface area contributed by atoms with E-state index in [-0.39, 0.29) is 18.3 Å². The quantitative estimate of drug-likeness (QED) is 0.164. The van der Waals surface area contributed by atoms with Gasteiger partial charge in [-0.1, -0.05) is 27.7 Å². The van der Waals surface area contributed by atoms with Gasteiger partial charge in [-0.3, -0.25) is 19.2 Å². The summed E-state index contributed by atoms with van der Waals surface area (Å²) in [6, 6.07) is -5.09. The fraction of sp³-hybridized carbons (Fsp3) is 0.722. The molecule has 12 heteroatoms. The number of aliphatic hydroxyl groups is 1. The van der Waals surface area contributed by atoms with Crippen molar-refractivity contribution in [2.45, 2.75) is 64.7 Å². The standard InChI is InChI=1S/C18H33N5O7/c1-8(2)5-11(18(29)30)22-15(26)10(6-13(19)25)21-16(27)12(7-24)23-17(28)14(20)9(3)4/h8-12,14,24H,5-7,20H2,1-4H3,(H2,19,25)(H,21,27)(H,22,26)(H,23,28)(H,29,30). The van der Waals surface area contributed by atoms with Crippen LogP contribution in [-0.2, 0) is 24.0 Å². The molecule has 0 aromatic carbocycles. The highest BCUT2D eigenvalue weighted by Crippen LogP contribution is 2.06. The molecule has 0 rings (SSSR count). The number of nitrogens with two attached hydrogens (primary N) is 2. The Labute approximate surface area is 175 Å². The van der Waals surface area contributed by atoms with E-state index in [9.17, 15) is 34.2 Å². The highest BCUT2D eigenvalue weighted by atomic mass is 16.4. The van der Waals surface area contributed by atoms with E-state index in [1.54, 1.807) is 27.7 Å². The number of aliphatic hydroxyl groups excluding tert-OH is 1. The molecule has 30 heavy (non-hydrogen) atoms. The summed E-state index contributed by atoms with van der Waals surface area (Å²) < 4.78 is 0. The van der Waals surface area contributed by atoms with Crippen molar-refractivity contribution in [2.24, 2.45) is 23.3 Å². The molecule has 9 N–H and O–H groups in total. The first-order chi connectivity index (χ1) is 13.8. The average molecular weight is 431 g/mol. The first-order valence-electron chi connectivity index (χ1n) is 9.58. The minimum atomic E-state index is -1.49. The number of hydrogen-bond acceptors (Lipinski definition) is 7. The summed E-state index contributed by atoms with van der Waals surface area (Å²) in [7, 11) is 0. The van der Waals surface area contributed by atoms with Crippen LogP contribution in [0.15, 0.2) is 0 Å². The number of nitrogens with one attached hydrogen (secondary N) is 3. The third-order valence-electron chi connectivity index (χ3n) is 4.20. The normalized spacial score (nSPS) is 15.1. The van der Waals surface area contributed by atoms with E-state index < -0.39 is 66.8 Å². The van der Waals surface area contributed by atoms with Crippen LogP contribution in [0.1, 0.15) is 40.5 Å². The summed E-state index contributed by atoms with van der Waals surface area (Å²) in [6.45, 7) is 6.13. The van der Waals surface area contributed by atoms with Crippen molar-refractivity contribution in [3.63, 3.8) is 0 Å². The number of amides is 4. The number of carbonyl (C=O) groups excluding carboxylic acids is 4. The fourth-order valence-corrected chi connectivity index (χ4v) is 2.41. The van der Waals surface area contributed by atoms with Crippen LogP contribution in [0.3, 0.4) is 0 Å². The van der Waals surface area contributed by atoms with Crippen LogP contribution >= 0.6 is 0 Å². The van der Waals surface area contributed by atoms with Gasteiger partial charge in [-0.05, 0) is 18.3 Å². The number of hydrogen-bond donors (Lipinski definition) is 7. The molecule has 0 spiro atoms. The number of carboxylic acids is 1. The van der Waals surface area contributed by atoms with Gasteiger partial charge in [0, 0.05) is 0 Å². The molecule has 4 unspecified atom stereocenters. The maximum Gasteiger partial charge on any atom is 0.326 e. The van der Waals surface area contributed by atoms with Crippen molar-refractivity contribution in [1.82, 2.24) is 16.0 Å². The van der Waals surface area contributed by atoms with Crippen LogP contribution in [0.5, 0.6) is 0 Å². The fourth-order valence-electron chi connectivity index (χ4n) is 2.41. The van der Waals surface area contributed by atoms with Gasteiger partial charge in [0.05, 0.1) is 19.1 Å². The van der Waals surface area contributed by atoms with Crippen LogP contribution in [0.4, 0.5) is 0 Å². The predicted octanol–water partition coefficient (Wildman–Crippen LogP) is -2.58. The molecule has 0 saturated carbocycles. The van der Waals surface area contributed by atoms with Crippen LogP contribution < -0.4 is 27.4 Å². The predicted molar refractivity (Wildman–Crippen MR) is 107 cm³/mol. The minimum absolute atomic E-state index is 0.0465. The maximum absolute atomic E-state index is 12.5. The molecule has 172 valence electrons. The summed E-state index contributed by atoms with van der Waals surface area (Å²) in [5.41, 5.74) is 10.8. The van der Waals surface area contributed by atoms with E-state index in [1.807, 2.05) is 0 Å². The number of aliphatic carboxylic acids is 1. The summed E-state index contributed by atoms with van der Waals surface area (Å²) in [6.07, 6.45) is -0.482. The lowest BCUT2D eigenvalue weighted by atomic mass is 10.0. The van der Waals surface area contributed by atoms with Gasteiger partial charge in [0.25, 0.3) is 0 Å². The van der Waals surface area contributed by atoms with Gasteiger partial charge in [-0.15, -0.1) is 0 Å². The highest BCUT2D eigenvalue weighted by Gasteiger charge is 2.31. The van der Waals surface area contributed by atoms with E-state index >= 15 is 0 Å². The molecular formula is C18H33N5O7. The third kappa shape index (κ3) is 9.65. The average Bonchev–Trinajstić information content (AvgIpc) is 2.62. The van der Waals surface area contributed by atoms with Gasteiger partial charge in [-0.2, -0.15) is 0 Å². The van der Waals surface area contributed by atoms with E-state index in [2.05, 4.69) is 16.0 Å². The van der Waals surface area contributed by atoms with Crippen LogP contribution in [0.2, 0.25) is 0 Å². The molecule has 0 aliphatic heterocycles. The Balaban J connectivity index is 5.31. The van der Waals surface area contributed by atoms with Gasteiger partial charge >= 0.3 is 5.97 Å². The molecule has 0 aliphatic rings. The maximum atomic E-state index is 12.5. The lowest BCUT2D eigenvalue weighted by molar-refractivity contribution is -0.143. The molecule has 0 aromatic heterocycles. The number of primary amides is 1. The SMILES string of the molecule is CC(C)CC(NC(=O)C(CC(N)=O)NC(=O)C(CO)NC(=O)C(N)C(C)C)C(=O)O. The molecule has 0 aliphatic carbocycles. The molecule has 4 amide bonds. The van der Waals surface area contributed by atoms with Gasteiger partial charge in [0.2, 0.25) is 23.6 Å². The topological polar surface area (TPSA) is 214 Å². The van der Waals surface area contributed by atoms with Crippen LogP contribution in [0.25, 0.3) is 0 Å². The Morgan fingerprint density at radius 1 is 0.833 bits per heavy atom. The Kier molecular flexibility index (Phi) is 11.6. The molecule has 0 fully saturated rings. The largest absolute Gasteiger partial charge is 0.480 e. The molecular weight excluding hydrogens is 398 g/mol. The molecule has 4 atom stereocenters. The van der Waals surface area contributed by atoms with E-state index in [0.29, 0.717) is 0 Å². The number of carbonyl (C=O) groups is 5. The first kappa shape index (κ1) is 27.3. The molecule has 0 saturated heterocycles. The van der Waals surface area contributed by atoms with Gasteiger partial charge in [-0.25, -0.2) is 4.79 Å². The lowest BCUT2D eigenvalue weighted by Gasteiger charge is -2.24. The van der Waals surface area contributed by atoms with Gasteiger partial charge in [0.15, 0.2) is 0 Å². The Hall–Kier alpha value is -2.73. The summed E-state index contributed by atoms with van der Waals surface area (Å²) >= 11 is 0. The zero-order valence-electron chi connectivity index (χ0n) is 17.7. The minimum Gasteiger partial charge on any atom is -0.480 e. The van der Waals surface area contributed by atoms with Crippen LogP contribution in [-0.4, -0.2) is 70.6 Å². The third-order valence-corrected chi connectivity index (χ3v) is 4.20. The van der Waals surface area contributed by atoms with Crippen molar-refractivity contribution >= 4 is 29.6 Å². The zero-order chi connectivity index (χ0) is 23.6. The second-order valence-electron chi connectivity index (χ2n) is 7.77. The Morgan fingerprint density at radius 3 is 1.70 bits per heavy atom. The lowest BCUT2D eigenvalue weighted by Crippen LogP contribution is -2.59. The second kappa shape index (κ2) is 12.8. The smallest absolute Gasteiger partial charge is 0.326 e. The monoisotopic (exact) mass is 431 g/mol. The van der Waals surface area contributed by atoms with Crippen molar-refractivity contribution in [2.75, 3.05) is 6.61 Å². The summed E-state index contributed by atoms with van der Waals surface area (Å²) in [4.78, 5) is 59.6. The number of rotatable bonds is 13. The Bertz CT molecular complexity index is 638. The Morgan fingerprint density at radius 2 is 1.30 bits per heavy atom. The van der Waals surface area contributed by atoms with Crippen molar-refractivity contribution in [3.05, 3.63) is 0 Å².